The van der Waals surface area contributed by atoms with Crippen LogP contribution in [-0.2, 0) is 0 Å². The van der Waals surface area contributed by atoms with Gasteiger partial charge in [0.1, 0.15) is 5.75 Å². The number of amides is 1. The number of carbonyl (C=O) groups excluding carboxylic acids is 1. The van der Waals surface area contributed by atoms with Gasteiger partial charge in [-0.1, -0.05) is 11.2 Å². The average molecular weight is 440 g/mol. The molecule has 0 fully saturated rings. The van der Waals surface area contributed by atoms with Gasteiger partial charge in [-0.2, -0.15) is 4.98 Å². The summed E-state index contributed by atoms with van der Waals surface area (Å²) in [5, 5.41) is 6.79. The molecule has 0 radical (unpaired) electrons. The van der Waals surface area contributed by atoms with E-state index in [4.69, 9.17) is 13.7 Å². The molecule has 0 saturated carbocycles. The number of benzene rings is 2. The summed E-state index contributed by atoms with van der Waals surface area (Å²) in [5.74, 6) is 1.44. The van der Waals surface area contributed by atoms with E-state index in [-0.39, 0.29) is 11.7 Å². The molecule has 0 unspecified atom stereocenters. The second kappa shape index (κ2) is 7.69. The lowest BCUT2D eigenvalue weighted by molar-refractivity contribution is 0.0995. The second-order valence-corrected chi connectivity index (χ2v) is 6.57. The first kappa shape index (κ1) is 18.0. The number of methoxy groups -OCH3 is 1. The number of ether oxygens (including phenoxy) is 1. The third-order valence-electron chi connectivity index (χ3n) is 3.94. The fraction of sp³-hybridized carbons (Fsp3) is 0.0500. The molecule has 0 aliphatic carbocycles. The lowest BCUT2D eigenvalue weighted by Gasteiger charge is -2.03. The van der Waals surface area contributed by atoms with Crippen LogP contribution in [0.25, 0.3) is 22.8 Å². The first-order chi connectivity index (χ1) is 13.6. The Hall–Kier alpha value is -3.39. The predicted octanol–water partition coefficient (Wildman–Crippen LogP) is 5.02. The summed E-state index contributed by atoms with van der Waals surface area (Å²) in [6.07, 6.45) is 0. The van der Waals surface area contributed by atoms with Crippen LogP contribution in [0.5, 0.6) is 5.75 Å². The zero-order valence-electron chi connectivity index (χ0n) is 14.7. The smallest absolute Gasteiger partial charge is 0.291 e. The number of hydrogen-bond donors (Lipinski definition) is 1. The van der Waals surface area contributed by atoms with Gasteiger partial charge in [0.2, 0.25) is 5.82 Å². The quantitative estimate of drug-likeness (QED) is 0.469. The summed E-state index contributed by atoms with van der Waals surface area (Å²) >= 11 is 3.17. The molecular formula is C20H14BrN3O4. The van der Waals surface area contributed by atoms with Crippen molar-refractivity contribution >= 4 is 27.5 Å². The Balaban J connectivity index is 1.50. The maximum atomic E-state index is 12.1. The number of anilines is 1. The van der Waals surface area contributed by atoms with Crippen molar-refractivity contribution in [3.05, 3.63) is 71.1 Å². The normalized spacial score (nSPS) is 10.6. The summed E-state index contributed by atoms with van der Waals surface area (Å²) < 4.78 is 16.3. The standard InChI is InChI=1S/C20H14BrN3O4/c1-26-15-4-2-3-13(11-15)20-23-18(24-28-20)12-5-7-14(8-6-12)22-19(25)16-9-10-17(21)27-16/h2-11H,1H3,(H,22,25). The van der Waals surface area contributed by atoms with Gasteiger partial charge in [0.25, 0.3) is 11.8 Å². The van der Waals surface area contributed by atoms with E-state index in [1.54, 1.807) is 43.5 Å². The first-order valence-corrected chi connectivity index (χ1v) is 9.07. The predicted molar refractivity (Wildman–Crippen MR) is 106 cm³/mol. The highest BCUT2D eigenvalue weighted by molar-refractivity contribution is 9.10. The third kappa shape index (κ3) is 3.81. The first-order valence-electron chi connectivity index (χ1n) is 8.27. The highest BCUT2D eigenvalue weighted by Gasteiger charge is 2.13. The molecule has 0 bridgehead atoms. The zero-order chi connectivity index (χ0) is 19.5. The molecule has 1 N–H and O–H groups in total. The minimum absolute atomic E-state index is 0.219. The topological polar surface area (TPSA) is 90.4 Å². The second-order valence-electron chi connectivity index (χ2n) is 5.79. The number of nitrogens with zero attached hydrogens (tertiary/aromatic N) is 2. The van der Waals surface area contributed by atoms with Crippen molar-refractivity contribution in [2.24, 2.45) is 0 Å². The number of hydrogen-bond acceptors (Lipinski definition) is 6. The van der Waals surface area contributed by atoms with Gasteiger partial charge in [0.05, 0.1) is 7.11 Å². The number of nitrogens with one attached hydrogen (secondary N) is 1. The molecule has 2 aromatic heterocycles. The molecule has 0 saturated heterocycles. The van der Waals surface area contributed by atoms with E-state index in [2.05, 4.69) is 31.4 Å². The number of halogens is 1. The molecule has 7 nitrogen and oxygen atoms in total. The molecule has 0 spiro atoms. The molecule has 4 aromatic rings. The van der Waals surface area contributed by atoms with Gasteiger partial charge < -0.3 is 19.0 Å². The Morgan fingerprint density at radius 1 is 1.07 bits per heavy atom. The maximum absolute atomic E-state index is 12.1. The molecule has 2 aromatic carbocycles. The van der Waals surface area contributed by atoms with Gasteiger partial charge in [-0.25, -0.2) is 0 Å². The molecule has 28 heavy (non-hydrogen) atoms. The van der Waals surface area contributed by atoms with Crippen LogP contribution in [0, 0.1) is 0 Å². The highest BCUT2D eigenvalue weighted by atomic mass is 79.9. The summed E-state index contributed by atoms with van der Waals surface area (Å²) in [7, 11) is 1.60. The van der Waals surface area contributed by atoms with Crippen molar-refractivity contribution in [2.45, 2.75) is 0 Å². The largest absolute Gasteiger partial charge is 0.497 e. The fourth-order valence-electron chi connectivity index (χ4n) is 2.55. The summed E-state index contributed by atoms with van der Waals surface area (Å²) in [6.45, 7) is 0. The van der Waals surface area contributed by atoms with Crippen LogP contribution >= 0.6 is 15.9 Å². The van der Waals surface area contributed by atoms with Crippen molar-refractivity contribution in [1.29, 1.82) is 0 Å². The third-order valence-corrected chi connectivity index (χ3v) is 4.37. The van der Waals surface area contributed by atoms with Crippen LogP contribution in [0.2, 0.25) is 0 Å². The number of rotatable bonds is 5. The molecule has 0 aliphatic heterocycles. The van der Waals surface area contributed by atoms with Gasteiger partial charge in [0, 0.05) is 16.8 Å². The summed E-state index contributed by atoms with van der Waals surface area (Å²) in [6, 6.07) is 17.7. The molecule has 140 valence electrons. The Kier molecular flexibility index (Phi) is 4.94. The van der Waals surface area contributed by atoms with Crippen LogP contribution in [0.3, 0.4) is 0 Å². The Labute approximate surface area is 168 Å². The molecule has 8 heteroatoms. The van der Waals surface area contributed by atoms with Gasteiger partial charge in [-0.05, 0) is 70.5 Å². The molecule has 4 rings (SSSR count). The van der Waals surface area contributed by atoms with Crippen molar-refractivity contribution < 1.29 is 18.5 Å². The van der Waals surface area contributed by atoms with Gasteiger partial charge in [0.15, 0.2) is 10.4 Å². The lowest BCUT2D eigenvalue weighted by atomic mass is 10.2. The average Bonchev–Trinajstić information content (AvgIpc) is 3.38. The fourth-order valence-corrected chi connectivity index (χ4v) is 2.85. The van der Waals surface area contributed by atoms with Crippen molar-refractivity contribution in [1.82, 2.24) is 10.1 Å². The van der Waals surface area contributed by atoms with Crippen molar-refractivity contribution in [2.75, 3.05) is 12.4 Å². The van der Waals surface area contributed by atoms with Crippen molar-refractivity contribution in [3.8, 4) is 28.6 Å². The Bertz CT molecular complexity index is 1120. The van der Waals surface area contributed by atoms with E-state index in [1.807, 2.05) is 24.3 Å². The molecule has 0 aliphatic rings. The molecule has 0 atom stereocenters. The lowest BCUT2D eigenvalue weighted by Crippen LogP contribution is -2.10. The minimum atomic E-state index is -0.335. The van der Waals surface area contributed by atoms with Crippen LogP contribution in [-0.4, -0.2) is 23.2 Å². The molecular weight excluding hydrogens is 426 g/mol. The van der Waals surface area contributed by atoms with E-state index in [0.29, 0.717) is 27.8 Å². The molecule has 2 heterocycles. The van der Waals surface area contributed by atoms with Gasteiger partial charge in [-0.3, -0.25) is 4.79 Å². The van der Waals surface area contributed by atoms with E-state index >= 15 is 0 Å². The van der Waals surface area contributed by atoms with Gasteiger partial charge in [-0.15, -0.1) is 0 Å². The maximum Gasteiger partial charge on any atom is 0.291 e. The Morgan fingerprint density at radius 3 is 2.61 bits per heavy atom. The van der Waals surface area contributed by atoms with E-state index in [1.165, 1.54) is 0 Å². The van der Waals surface area contributed by atoms with Gasteiger partial charge >= 0.3 is 0 Å². The van der Waals surface area contributed by atoms with Crippen molar-refractivity contribution in [3.63, 3.8) is 0 Å². The van der Waals surface area contributed by atoms with Crippen LogP contribution < -0.4 is 10.1 Å². The van der Waals surface area contributed by atoms with E-state index in [0.717, 1.165) is 11.1 Å². The summed E-state index contributed by atoms with van der Waals surface area (Å²) in [4.78, 5) is 16.5. The highest BCUT2D eigenvalue weighted by Crippen LogP contribution is 2.26. The minimum Gasteiger partial charge on any atom is -0.497 e. The Morgan fingerprint density at radius 2 is 1.89 bits per heavy atom. The number of furan rings is 1. The van der Waals surface area contributed by atoms with E-state index < -0.39 is 0 Å². The zero-order valence-corrected chi connectivity index (χ0v) is 16.3. The van der Waals surface area contributed by atoms with Crippen LogP contribution in [0.4, 0.5) is 5.69 Å². The van der Waals surface area contributed by atoms with Crippen LogP contribution in [0.1, 0.15) is 10.6 Å². The number of aromatic nitrogens is 2. The SMILES string of the molecule is COc1cccc(-c2nc(-c3ccc(NC(=O)c4ccc(Br)o4)cc3)no2)c1. The molecule has 1 amide bonds. The van der Waals surface area contributed by atoms with E-state index in [9.17, 15) is 4.79 Å². The monoisotopic (exact) mass is 439 g/mol. The number of carbonyl (C=O) groups is 1. The summed E-state index contributed by atoms with van der Waals surface area (Å²) in [5.41, 5.74) is 2.15. The van der Waals surface area contributed by atoms with Crippen LogP contribution in [0.15, 0.2) is 74.3 Å².